The highest BCUT2D eigenvalue weighted by Crippen LogP contribution is 2.70. The topological polar surface area (TPSA) is 83.8 Å². The summed E-state index contributed by atoms with van der Waals surface area (Å²) in [5.74, 6) is -1.20. The number of esters is 1. The van der Waals surface area contributed by atoms with Gasteiger partial charge in [-0.3, -0.25) is 9.59 Å². The molecule has 0 spiro atoms. The first-order chi connectivity index (χ1) is 14.0. The zero-order valence-corrected chi connectivity index (χ0v) is 19.0. The third kappa shape index (κ3) is 2.77. The molecular weight excluding hydrogens is 404 g/mol. The molecule has 30 heavy (non-hydrogen) atoms. The van der Waals surface area contributed by atoms with Gasteiger partial charge in [0, 0.05) is 11.8 Å². The number of allylic oxidation sites excluding steroid dienone is 2. The molecule has 9 atom stereocenters. The minimum absolute atomic E-state index is 0.0289. The molecule has 2 N–H and O–H groups in total. The molecule has 0 aromatic heterocycles. The lowest BCUT2D eigenvalue weighted by Gasteiger charge is -2.63. The summed E-state index contributed by atoms with van der Waals surface area (Å²) in [6.45, 7) is 7.91. The summed E-state index contributed by atoms with van der Waals surface area (Å²) in [7, 11) is 0. The SMILES string of the molecule is CCC(=O)OC1C=C[C@@]2(C)C(=C1)CC[C@H]1[C@@H]3C[C@H](C)[C@H](C(=O)O)[C@@]3(C)C[C@H](O)[C@@]12Cl. The smallest absolute Gasteiger partial charge is 0.307 e. The fourth-order valence-corrected chi connectivity index (χ4v) is 8.04. The van der Waals surface area contributed by atoms with Gasteiger partial charge in [0.15, 0.2) is 0 Å². The Hall–Kier alpha value is -1.33. The van der Waals surface area contributed by atoms with Crippen molar-refractivity contribution in [2.45, 2.75) is 76.9 Å². The quantitative estimate of drug-likeness (QED) is 0.391. The average Bonchev–Trinajstić information content (AvgIpc) is 2.93. The zero-order chi connectivity index (χ0) is 22.1. The van der Waals surface area contributed by atoms with Crippen LogP contribution in [0.4, 0.5) is 0 Å². The van der Waals surface area contributed by atoms with Crippen molar-refractivity contribution in [3.05, 3.63) is 23.8 Å². The molecule has 3 fully saturated rings. The van der Waals surface area contributed by atoms with Gasteiger partial charge in [-0.15, -0.1) is 11.6 Å². The number of ether oxygens (including phenoxy) is 1. The van der Waals surface area contributed by atoms with Crippen molar-refractivity contribution < 1.29 is 24.5 Å². The van der Waals surface area contributed by atoms with Crippen molar-refractivity contribution >= 4 is 23.5 Å². The van der Waals surface area contributed by atoms with E-state index >= 15 is 0 Å². The molecule has 0 bridgehead atoms. The Bertz CT molecular complexity index is 820. The molecule has 0 saturated heterocycles. The van der Waals surface area contributed by atoms with Gasteiger partial charge in [0.05, 0.1) is 16.9 Å². The van der Waals surface area contributed by atoms with E-state index in [1.807, 2.05) is 32.1 Å². The monoisotopic (exact) mass is 436 g/mol. The molecule has 4 aliphatic rings. The average molecular weight is 437 g/mol. The predicted molar refractivity (Wildman–Crippen MR) is 114 cm³/mol. The van der Waals surface area contributed by atoms with E-state index < -0.39 is 39.8 Å². The van der Waals surface area contributed by atoms with Crippen LogP contribution in [0.15, 0.2) is 23.8 Å². The van der Waals surface area contributed by atoms with E-state index in [0.717, 1.165) is 24.8 Å². The lowest BCUT2D eigenvalue weighted by atomic mass is 9.46. The predicted octanol–water partition coefficient (Wildman–Crippen LogP) is 4.33. The van der Waals surface area contributed by atoms with Gasteiger partial charge in [-0.2, -0.15) is 0 Å². The van der Waals surface area contributed by atoms with Crippen LogP contribution >= 0.6 is 11.6 Å². The molecule has 0 aromatic rings. The van der Waals surface area contributed by atoms with Gasteiger partial charge < -0.3 is 14.9 Å². The fraction of sp³-hybridized carbons (Fsp3) is 0.750. The van der Waals surface area contributed by atoms with Crippen molar-refractivity contribution in [1.29, 1.82) is 0 Å². The van der Waals surface area contributed by atoms with Crippen molar-refractivity contribution in [1.82, 2.24) is 0 Å². The van der Waals surface area contributed by atoms with Crippen LogP contribution in [-0.2, 0) is 14.3 Å². The Balaban J connectivity index is 1.71. The number of aliphatic hydroxyl groups is 1. The Morgan fingerprint density at radius 2 is 2.00 bits per heavy atom. The Morgan fingerprint density at radius 1 is 1.30 bits per heavy atom. The maximum absolute atomic E-state index is 12.1. The first-order valence-electron chi connectivity index (χ1n) is 11.2. The number of halogens is 1. The number of hydrogen-bond acceptors (Lipinski definition) is 4. The van der Waals surface area contributed by atoms with Gasteiger partial charge in [0.1, 0.15) is 6.10 Å². The second kappa shape index (κ2) is 7.09. The van der Waals surface area contributed by atoms with Crippen LogP contribution in [0.25, 0.3) is 0 Å². The number of aliphatic hydroxyl groups excluding tert-OH is 1. The van der Waals surface area contributed by atoms with Crippen molar-refractivity contribution in [3.63, 3.8) is 0 Å². The van der Waals surface area contributed by atoms with Gasteiger partial charge in [0.25, 0.3) is 0 Å². The van der Waals surface area contributed by atoms with Crippen LogP contribution in [0.1, 0.15) is 59.8 Å². The number of carbonyl (C=O) groups excluding carboxylic acids is 1. The first kappa shape index (κ1) is 21.9. The van der Waals surface area contributed by atoms with Crippen LogP contribution < -0.4 is 0 Å². The molecule has 6 heteroatoms. The summed E-state index contributed by atoms with van der Waals surface area (Å²) in [6.07, 6.45) is 7.85. The fourth-order valence-electron chi connectivity index (χ4n) is 7.52. The Morgan fingerprint density at radius 3 is 2.63 bits per heavy atom. The minimum atomic E-state index is -0.898. The Labute approximate surface area is 183 Å². The molecule has 0 amide bonds. The van der Waals surface area contributed by atoms with Gasteiger partial charge in [-0.1, -0.05) is 39.3 Å². The number of aliphatic carboxylic acids is 1. The lowest BCUT2D eigenvalue weighted by Crippen LogP contribution is -2.66. The molecule has 0 aliphatic heterocycles. The number of carbonyl (C=O) groups is 2. The van der Waals surface area contributed by atoms with Gasteiger partial charge in [-0.25, -0.2) is 0 Å². The van der Waals surface area contributed by atoms with E-state index in [-0.39, 0.29) is 23.7 Å². The standard InChI is InChI=1S/C24H33ClO5/c1-5-19(27)30-15-8-9-23(4)14(11-15)6-7-16-17-10-13(2)20(21(28)29)22(17,3)12-18(26)24(16,23)25/h8-9,11,13,15-18,20,26H,5-7,10,12H2,1-4H3,(H,28,29)/t13-,15?,16-,17-,18-,20+,22-,23-,24-/m0/s1. The normalized spacial score (nSPS) is 49.5. The number of alkyl halides is 1. The van der Waals surface area contributed by atoms with Gasteiger partial charge in [-0.05, 0) is 61.0 Å². The zero-order valence-electron chi connectivity index (χ0n) is 18.2. The summed E-state index contributed by atoms with van der Waals surface area (Å²) in [5.41, 5.74) is 0.0921. The van der Waals surface area contributed by atoms with Crippen LogP contribution in [0.3, 0.4) is 0 Å². The highest BCUT2D eigenvalue weighted by Gasteiger charge is 2.70. The van der Waals surface area contributed by atoms with Gasteiger partial charge >= 0.3 is 11.9 Å². The molecule has 4 aliphatic carbocycles. The maximum Gasteiger partial charge on any atom is 0.307 e. The first-order valence-corrected chi connectivity index (χ1v) is 11.6. The Kier molecular flexibility index (Phi) is 5.18. The third-order valence-corrected chi connectivity index (χ3v) is 9.82. The number of fused-ring (bicyclic) bond motifs is 5. The van der Waals surface area contributed by atoms with Gasteiger partial charge in [0.2, 0.25) is 0 Å². The van der Waals surface area contributed by atoms with Crippen molar-refractivity contribution in [2.24, 2.45) is 34.5 Å². The molecule has 0 radical (unpaired) electrons. The van der Waals surface area contributed by atoms with Crippen LogP contribution in [-0.4, -0.2) is 39.2 Å². The molecular formula is C24H33ClO5. The van der Waals surface area contributed by atoms with E-state index in [2.05, 4.69) is 6.92 Å². The molecule has 5 nitrogen and oxygen atoms in total. The lowest BCUT2D eigenvalue weighted by molar-refractivity contribution is -0.154. The molecule has 0 heterocycles. The molecule has 3 saturated carbocycles. The van der Waals surface area contributed by atoms with E-state index in [4.69, 9.17) is 16.3 Å². The summed E-state index contributed by atoms with van der Waals surface area (Å²) >= 11 is 7.43. The summed E-state index contributed by atoms with van der Waals surface area (Å²) in [4.78, 5) is 22.9. The number of carboxylic acid groups (broad SMARTS) is 1. The molecule has 1 unspecified atom stereocenters. The van der Waals surface area contributed by atoms with Crippen LogP contribution in [0.2, 0.25) is 0 Å². The largest absolute Gasteiger partial charge is 0.481 e. The highest BCUT2D eigenvalue weighted by molar-refractivity contribution is 6.26. The van der Waals surface area contributed by atoms with Crippen molar-refractivity contribution in [3.8, 4) is 0 Å². The maximum atomic E-state index is 12.1. The second-order valence-corrected chi connectivity index (χ2v) is 11.0. The van der Waals surface area contributed by atoms with E-state index in [1.54, 1.807) is 6.92 Å². The second-order valence-electron chi connectivity index (χ2n) is 10.3. The van der Waals surface area contributed by atoms with Crippen LogP contribution in [0, 0.1) is 34.5 Å². The summed E-state index contributed by atoms with van der Waals surface area (Å²) < 4.78 is 5.50. The highest BCUT2D eigenvalue weighted by atomic mass is 35.5. The van der Waals surface area contributed by atoms with E-state index in [1.165, 1.54) is 0 Å². The van der Waals surface area contributed by atoms with Crippen molar-refractivity contribution in [2.75, 3.05) is 0 Å². The minimum Gasteiger partial charge on any atom is -0.481 e. The molecule has 166 valence electrons. The number of carboxylic acids is 1. The molecule has 4 rings (SSSR count). The molecule has 0 aromatic carbocycles. The van der Waals surface area contributed by atoms with Crippen LogP contribution in [0.5, 0.6) is 0 Å². The van der Waals surface area contributed by atoms with E-state index in [9.17, 15) is 19.8 Å². The summed E-state index contributed by atoms with van der Waals surface area (Å²) in [5, 5.41) is 21.4. The van der Waals surface area contributed by atoms with E-state index in [0.29, 0.717) is 12.8 Å². The third-order valence-electron chi connectivity index (χ3n) is 8.89. The summed E-state index contributed by atoms with van der Waals surface area (Å²) in [6, 6.07) is 0. The number of rotatable bonds is 3. The number of hydrogen-bond donors (Lipinski definition) is 2.